The van der Waals surface area contributed by atoms with E-state index in [0.717, 1.165) is 0 Å². The monoisotopic (exact) mass is 314 g/mol. The molecule has 0 saturated carbocycles. The van der Waals surface area contributed by atoms with E-state index < -0.39 is 21.8 Å². The molecule has 7 nitrogen and oxygen atoms in total. The van der Waals surface area contributed by atoms with Crippen molar-refractivity contribution in [1.29, 1.82) is 0 Å². The predicted molar refractivity (Wildman–Crippen MR) is 75.6 cm³/mol. The molecule has 116 valence electrons. The topological polar surface area (TPSA) is 96.7 Å². The van der Waals surface area contributed by atoms with Crippen molar-refractivity contribution in [2.45, 2.75) is 19.9 Å². The van der Waals surface area contributed by atoms with Crippen LogP contribution in [0.25, 0.3) is 0 Å². The summed E-state index contributed by atoms with van der Waals surface area (Å²) in [6, 6.07) is 2.47. The number of amides is 2. The minimum absolute atomic E-state index is 0.0310. The number of nitrogens with one attached hydrogen (secondary N) is 1. The van der Waals surface area contributed by atoms with Crippen molar-refractivity contribution in [3.8, 4) is 0 Å². The van der Waals surface area contributed by atoms with E-state index in [0.29, 0.717) is 5.76 Å². The zero-order valence-electron chi connectivity index (χ0n) is 12.0. The van der Waals surface area contributed by atoms with Gasteiger partial charge in [-0.15, -0.1) is 0 Å². The average Bonchev–Trinajstić information content (AvgIpc) is 2.84. The molecule has 1 atom stereocenters. The molecular formula is C13H18N2O5S. The van der Waals surface area contributed by atoms with Gasteiger partial charge in [0.25, 0.3) is 5.91 Å². The van der Waals surface area contributed by atoms with Crippen LogP contribution in [-0.2, 0) is 14.6 Å². The van der Waals surface area contributed by atoms with Gasteiger partial charge in [0.1, 0.15) is 11.8 Å². The second-order valence-corrected chi connectivity index (χ2v) is 7.39. The van der Waals surface area contributed by atoms with Crippen LogP contribution in [0.5, 0.6) is 0 Å². The molecule has 1 aliphatic heterocycles. The molecular weight excluding hydrogens is 296 g/mol. The molecule has 2 heterocycles. The first-order valence-electron chi connectivity index (χ1n) is 6.65. The number of carbonyl (C=O) groups is 2. The molecule has 1 saturated heterocycles. The van der Waals surface area contributed by atoms with Crippen molar-refractivity contribution >= 4 is 21.7 Å². The van der Waals surface area contributed by atoms with E-state index in [9.17, 15) is 18.0 Å². The predicted octanol–water partition coefficient (Wildman–Crippen LogP) is -0.0367. The number of hydrogen-bond donors (Lipinski definition) is 1. The van der Waals surface area contributed by atoms with E-state index in [1.54, 1.807) is 19.9 Å². The Kier molecular flexibility index (Phi) is 4.36. The summed E-state index contributed by atoms with van der Waals surface area (Å²) >= 11 is 0. The fourth-order valence-corrected chi connectivity index (χ4v) is 3.29. The van der Waals surface area contributed by atoms with Gasteiger partial charge in [-0.3, -0.25) is 9.59 Å². The van der Waals surface area contributed by atoms with Crippen LogP contribution in [0.15, 0.2) is 16.5 Å². The van der Waals surface area contributed by atoms with Gasteiger partial charge in [0, 0.05) is 13.1 Å². The average molecular weight is 314 g/mol. The SMILES string of the molecule is Cc1ccc(C(=O)NC(C)C(=O)N2CCS(=O)(=O)CC2)o1. The van der Waals surface area contributed by atoms with Crippen LogP contribution in [0.3, 0.4) is 0 Å². The first kappa shape index (κ1) is 15.6. The van der Waals surface area contributed by atoms with Gasteiger partial charge in [0.2, 0.25) is 5.91 Å². The van der Waals surface area contributed by atoms with Crippen molar-refractivity contribution in [3.05, 3.63) is 23.7 Å². The molecule has 1 fully saturated rings. The van der Waals surface area contributed by atoms with E-state index in [2.05, 4.69) is 5.32 Å². The fraction of sp³-hybridized carbons (Fsp3) is 0.538. The maximum atomic E-state index is 12.2. The number of furan rings is 1. The number of carbonyl (C=O) groups excluding carboxylic acids is 2. The number of rotatable bonds is 3. The highest BCUT2D eigenvalue weighted by atomic mass is 32.2. The lowest BCUT2D eigenvalue weighted by molar-refractivity contribution is -0.132. The van der Waals surface area contributed by atoms with Gasteiger partial charge in [0.05, 0.1) is 11.5 Å². The van der Waals surface area contributed by atoms with Gasteiger partial charge in [-0.2, -0.15) is 0 Å². The highest BCUT2D eigenvalue weighted by Crippen LogP contribution is 2.08. The van der Waals surface area contributed by atoms with Crippen LogP contribution in [0.1, 0.15) is 23.2 Å². The third kappa shape index (κ3) is 3.84. The molecule has 2 amide bonds. The van der Waals surface area contributed by atoms with Crippen LogP contribution in [0.2, 0.25) is 0 Å². The summed E-state index contributed by atoms with van der Waals surface area (Å²) in [5.41, 5.74) is 0. The second kappa shape index (κ2) is 5.88. The summed E-state index contributed by atoms with van der Waals surface area (Å²) in [6.45, 7) is 3.63. The maximum absolute atomic E-state index is 12.2. The van der Waals surface area contributed by atoms with Gasteiger partial charge in [0.15, 0.2) is 15.6 Å². The van der Waals surface area contributed by atoms with Crippen molar-refractivity contribution < 1.29 is 22.4 Å². The number of nitrogens with zero attached hydrogens (tertiary/aromatic N) is 1. The molecule has 1 unspecified atom stereocenters. The Morgan fingerprint density at radius 2 is 1.90 bits per heavy atom. The quantitative estimate of drug-likeness (QED) is 0.844. The highest BCUT2D eigenvalue weighted by Gasteiger charge is 2.28. The zero-order valence-corrected chi connectivity index (χ0v) is 12.8. The lowest BCUT2D eigenvalue weighted by Crippen LogP contribution is -2.51. The largest absolute Gasteiger partial charge is 0.456 e. The van der Waals surface area contributed by atoms with Gasteiger partial charge < -0.3 is 14.6 Å². The molecule has 2 rings (SSSR count). The van der Waals surface area contributed by atoms with Crippen LogP contribution in [-0.4, -0.2) is 55.8 Å². The number of aryl methyl sites for hydroxylation is 1. The molecule has 1 aromatic rings. The third-order valence-electron chi connectivity index (χ3n) is 3.34. The maximum Gasteiger partial charge on any atom is 0.287 e. The summed E-state index contributed by atoms with van der Waals surface area (Å²) in [7, 11) is -3.03. The Morgan fingerprint density at radius 3 is 2.43 bits per heavy atom. The molecule has 21 heavy (non-hydrogen) atoms. The van der Waals surface area contributed by atoms with Crippen molar-refractivity contribution in [2.24, 2.45) is 0 Å². The first-order chi connectivity index (χ1) is 9.78. The molecule has 8 heteroatoms. The molecule has 0 aliphatic carbocycles. The van der Waals surface area contributed by atoms with E-state index >= 15 is 0 Å². The zero-order chi connectivity index (χ0) is 15.6. The molecule has 0 bridgehead atoms. The summed E-state index contributed by atoms with van der Waals surface area (Å²) < 4.78 is 27.8. The van der Waals surface area contributed by atoms with E-state index in [1.807, 2.05) is 0 Å². The van der Waals surface area contributed by atoms with Crippen LogP contribution in [0, 0.1) is 6.92 Å². The van der Waals surface area contributed by atoms with Crippen LogP contribution < -0.4 is 5.32 Å². The first-order valence-corrected chi connectivity index (χ1v) is 8.47. The Balaban J connectivity index is 1.92. The van der Waals surface area contributed by atoms with Crippen molar-refractivity contribution in [2.75, 3.05) is 24.6 Å². The summed E-state index contributed by atoms with van der Waals surface area (Å²) in [6.07, 6.45) is 0. The Morgan fingerprint density at radius 1 is 1.29 bits per heavy atom. The molecule has 1 N–H and O–H groups in total. The lowest BCUT2D eigenvalue weighted by atomic mass is 10.2. The Labute approximate surface area is 123 Å². The Hall–Kier alpha value is -1.83. The molecule has 1 aliphatic rings. The lowest BCUT2D eigenvalue weighted by Gasteiger charge is -2.29. The molecule has 0 spiro atoms. The molecule has 1 aromatic heterocycles. The summed E-state index contributed by atoms with van der Waals surface area (Å²) in [5.74, 6) is -0.0584. The molecule has 0 aromatic carbocycles. The summed E-state index contributed by atoms with van der Waals surface area (Å²) in [5, 5.41) is 2.55. The molecule has 0 radical (unpaired) electrons. The van der Waals surface area contributed by atoms with Crippen molar-refractivity contribution in [3.63, 3.8) is 0 Å². The summed E-state index contributed by atoms with van der Waals surface area (Å²) in [4.78, 5) is 25.5. The van der Waals surface area contributed by atoms with Crippen LogP contribution >= 0.6 is 0 Å². The third-order valence-corrected chi connectivity index (χ3v) is 4.95. The second-order valence-electron chi connectivity index (χ2n) is 5.08. The Bertz CT molecular complexity index is 635. The highest BCUT2D eigenvalue weighted by molar-refractivity contribution is 7.91. The number of hydrogen-bond acceptors (Lipinski definition) is 5. The van der Waals surface area contributed by atoms with Crippen molar-refractivity contribution in [1.82, 2.24) is 10.2 Å². The normalized spacial score (nSPS) is 19.0. The number of sulfone groups is 1. The van der Waals surface area contributed by atoms with Gasteiger partial charge in [-0.25, -0.2) is 8.42 Å². The standard InChI is InChI=1S/C13H18N2O5S/c1-9-3-4-11(20-9)12(16)14-10(2)13(17)15-5-7-21(18,19)8-6-15/h3-4,10H,5-8H2,1-2H3,(H,14,16). The smallest absolute Gasteiger partial charge is 0.287 e. The minimum Gasteiger partial charge on any atom is -0.456 e. The van der Waals surface area contributed by atoms with Gasteiger partial charge >= 0.3 is 0 Å². The van der Waals surface area contributed by atoms with E-state index in [4.69, 9.17) is 4.42 Å². The van der Waals surface area contributed by atoms with E-state index in [1.165, 1.54) is 11.0 Å². The van der Waals surface area contributed by atoms with Crippen LogP contribution in [0.4, 0.5) is 0 Å². The van der Waals surface area contributed by atoms with Gasteiger partial charge in [-0.1, -0.05) is 0 Å². The van der Waals surface area contributed by atoms with Gasteiger partial charge in [-0.05, 0) is 26.0 Å². The fourth-order valence-electron chi connectivity index (χ4n) is 2.09. The van der Waals surface area contributed by atoms with E-state index in [-0.39, 0.29) is 36.3 Å². The minimum atomic E-state index is -3.03.